The molecular weight excluding hydrogens is 229 g/mol. The summed E-state index contributed by atoms with van der Waals surface area (Å²) in [4.78, 5) is 11.7. The first-order valence-electron chi connectivity index (χ1n) is 4.03. The van der Waals surface area contributed by atoms with Crippen molar-refractivity contribution in [3.8, 4) is 0 Å². The third-order valence-electron chi connectivity index (χ3n) is 1.60. The molecular formula is C8H9F3N2OS. The molecule has 7 heteroatoms. The van der Waals surface area contributed by atoms with Gasteiger partial charge in [0.15, 0.2) is 0 Å². The number of nitrogens with two attached hydrogens (primary N) is 1. The maximum Gasteiger partial charge on any atom is 0.405 e. The van der Waals surface area contributed by atoms with Crippen LogP contribution in [-0.2, 0) is 4.79 Å². The fraction of sp³-hybridized carbons (Fsp3) is 0.375. The lowest BCUT2D eigenvalue weighted by Crippen LogP contribution is -2.39. The van der Waals surface area contributed by atoms with E-state index >= 15 is 0 Å². The molecule has 1 amide bonds. The monoisotopic (exact) mass is 238 g/mol. The van der Waals surface area contributed by atoms with Crippen LogP contribution in [0.1, 0.15) is 10.9 Å². The Balaban J connectivity index is 2.48. The van der Waals surface area contributed by atoms with Crippen LogP contribution in [0.25, 0.3) is 0 Å². The van der Waals surface area contributed by atoms with Gasteiger partial charge in [-0.25, -0.2) is 0 Å². The number of thiophene rings is 1. The number of hydrogen-bond donors (Lipinski definition) is 2. The summed E-state index contributed by atoms with van der Waals surface area (Å²) in [6.45, 7) is -1.36. The number of nitrogens with one attached hydrogen (secondary N) is 1. The van der Waals surface area contributed by atoms with Crippen molar-refractivity contribution in [3.05, 3.63) is 22.4 Å². The Kier molecular flexibility index (Phi) is 3.70. The second kappa shape index (κ2) is 4.63. The zero-order valence-corrected chi connectivity index (χ0v) is 8.36. The quantitative estimate of drug-likeness (QED) is 0.836. The molecule has 3 N–H and O–H groups in total. The molecule has 1 rings (SSSR count). The van der Waals surface area contributed by atoms with Gasteiger partial charge in [0.2, 0.25) is 5.91 Å². The Bertz CT molecular complexity index is 323. The Morgan fingerprint density at radius 1 is 1.60 bits per heavy atom. The molecule has 0 saturated heterocycles. The van der Waals surface area contributed by atoms with Crippen molar-refractivity contribution in [2.24, 2.45) is 5.73 Å². The van der Waals surface area contributed by atoms with Gasteiger partial charge in [-0.2, -0.15) is 13.2 Å². The van der Waals surface area contributed by atoms with Crippen LogP contribution in [0.2, 0.25) is 0 Å². The van der Waals surface area contributed by atoms with Gasteiger partial charge in [-0.15, -0.1) is 11.3 Å². The topological polar surface area (TPSA) is 55.1 Å². The van der Waals surface area contributed by atoms with Gasteiger partial charge >= 0.3 is 6.18 Å². The molecule has 0 aliphatic carbocycles. The first-order chi connectivity index (χ1) is 6.90. The first kappa shape index (κ1) is 12.0. The first-order valence-corrected chi connectivity index (χ1v) is 4.91. The Labute approximate surface area is 88.1 Å². The van der Waals surface area contributed by atoms with Crippen LogP contribution in [-0.4, -0.2) is 18.6 Å². The van der Waals surface area contributed by atoms with Gasteiger partial charge < -0.3 is 11.1 Å². The minimum absolute atomic E-state index is 0.537. The van der Waals surface area contributed by atoms with Crippen molar-refractivity contribution >= 4 is 17.2 Å². The molecule has 1 unspecified atom stereocenters. The summed E-state index contributed by atoms with van der Waals surface area (Å²) in [7, 11) is 0. The van der Waals surface area contributed by atoms with E-state index in [1.165, 1.54) is 11.3 Å². The summed E-state index contributed by atoms with van der Waals surface area (Å²) in [6, 6.07) is 2.24. The van der Waals surface area contributed by atoms with E-state index in [2.05, 4.69) is 0 Å². The average Bonchev–Trinajstić information content (AvgIpc) is 2.64. The number of alkyl halides is 3. The molecule has 0 bridgehead atoms. The van der Waals surface area contributed by atoms with Crippen molar-refractivity contribution in [1.82, 2.24) is 5.32 Å². The van der Waals surface area contributed by atoms with E-state index in [9.17, 15) is 18.0 Å². The third kappa shape index (κ3) is 3.88. The van der Waals surface area contributed by atoms with Crippen LogP contribution in [0.15, 0.2) is 17.5 Å². The van der Waals surface area contributed by atoms with E-state index in [1.54, 1.807) is 22.8 Å². The molecule has 0 spiro atoms. The van der Waals surface area contributed by atoms with Crippen molar-refractivity contribution < 1.29 is 18.0 Å². The molecule has 0 fully saturated rings. The maximum absolute atomic E-state index is 11.8. The summed E-state index contributed by atoms with van der Waals surface area (Å²) >= 11 is 1.23. The summed E-state index contributed by atoms with van der Waals surface area (Å²) < 4.78 is 35.3. The van der Waals surface area contributed by atoms with Gasteiger partial charge in [0.25, 0.3) is 0 Å². The molecule has 15 heavy (non-hydrogen) atoms. The zero-order chi connectivity index (χ0) is 11.5. The SMILES string of the molecule is NC(C(=O)NCC(F)(F)F)c1cccs1. The van der Waals surface area contributed by atoms with Gasteiger partial charge in [-0.3, -0.25) is 4.79 Å². The summed E-state index contributed by atoms with van der Waals surface area (Å²) in [6.07, 6.45) is -4.41. The van der Waals surface area contributed by atoms with E-state index < -0.39 is 24.7 Å². The third-order valence-corrected chi connectivity index (χ3v) is 2.55. The second-order valence-electron chi connectivity index (χ2n) is 2.83. The molecule has 1 atom stereocenters. The molecule has 1 aromatic heterocycles. The van der Waals surface area contributed by atoms with E-state index in [1.807, 2.05) is 0 Å². The standard InChI is InChI=1S/C8H9F3N2OS/c9-8(10,11)4-13-7(14)6(12)5-2-1-3-15-5/h1-3,6H,4,12H2,(H,13,14). The van der Waals surface area contributed by atoms with Crippen molar-refractivity contribution in [2.75, 3.05) is 6.54 Å². The van der Waals surface area contributed by atoms with Crippen LogP contribution in [0, 0.1) is 0 Å². The van der Waals surface area contributed by atoms with Crippen molar-refractivity contribution in [3.63, 3.8) is 0 Å². The summed E-state index contributed by atoms with van der Waals surface area (Å²) in [5, 5.41) is 3.43. The molecule has 0 aliphatic rings. The van der Waals surface area contributed by atoms with Gasteiger partial charge in [-0.05, 0) is 11.4 Å². The molecule has 1 aromatic rings. The van der Waals surface area contributed by atoms with Gasteiger partial charge in [0, 0.05) is 4.88 Å². The highest BCUT2D eigenvalue weighted by atomic mass is 32.1. The normalized spacial score (nSPS) is 13.6. The fourth-order valence-corrected chi connectivity index (χ4v) is 1.62. The smallest absolute Gasteiger partial charge is 0.345 e. The number of carbonyl (C=O) groups excluding carboxylic acids is 1. The number of hydrogen-bond acceptors (Lipinski definition) is 3. The highest BCUT2D eigenvalue weighted by Gasteiger charge is 2.29. The maximum atomic E-state index is 11.8. The summed E-state index contributed by atoms with van der Waals surface area (Å²) in [5.41, 5.74) is 5.44. The highest BCUT2D eigenvalue weighted by Crippen LogP contribution is 2.17. The second-order valence-corrected chi connectivity index (χ2v) is 3.81. The molecule has 84 valence electrons. The molecule has 3 nitrogen and oxygen atoms in total. The Hall–Kier alpha value is -1.08. The number of amides is 1. The lowest BCUT2D eigenvalue weighted by Gasteiger charge is -2.12. The van der Waals surface area contributed by atoms with E-state index in [-0.39, 0.29) is 0 Å². The minimum atomic E-state index is -4.41. The van der Waals surface area contributed by atoms with Crippen molar-refractivity contribution in [1.29, 1.82) is 0 Å². The zero-order valence-electron chi connectivity index (χ0n) is 7.54. The fourth-order valence-electron chi connectivity index (χ4n) is 0.895. The summed E-state index contributed by atoms with van der Waals surface area (Å²) in [5.74, 6) is -0.824. The number of rotatable bonds is 3. The van der Waals surface area contributed by atoms with E-state index in [4.69, 9.17) is 5.73 Å². The average molecular weight is 238 g/mol. The van der Waals surface area contributed by atoms with Gasteiger partial charge in [0.05, 0.1) is 0 Å². The van der Waals surface area contributed by atoms with Crippen LogP contribution in [0.5, 0.6) is 0 Å². The lowest BCUT2D eigenvalue weighted by atomic mass is 10.2. The van der Waals surface area contributed by atoms with Crippen LogP contribution >= 0.6 is 11.3 Å². The predicted octanol–water partition coefficient (Wildman–Crippen LogP) is 1.43. The largest absolute Gasteiger partial charge is 0.405 e. The molecule has 0 aliphatic heterocycles. The molecule has 0 radical (unpaired) electrons. The van der Waals surface area contributed by atoms with Gasteiger partial charge in [-0.1, -0.05) is 6.07 Å². The highest BCUT2D eigenvalue weighted by molar-refractivity contribution is 7.10. The Morgan fingerprint density at radius 2 is 2.27 bits per heavy atom. The van der Waals surface area contributed by atoms with Crippen LogP contribution in [0.4, 0.5) is 13.2 Å². The predicted molar refractivity (Wildman–Crippen MR) is 50.3 cm³/mol. The van der Waals surface area contributed by atoms with Crippen LogP contribution < -0.4 is 11.1 Å². The lowest BCUT2D eigenvalue weighted by molar-refractivity contribution is -0.139. The van der Waals surface area contributed by atoms with Crippen molar-refractivity contribution in [2.45, 2.75) is 12.2 Å². The van der Waals surface area contributed by atoms with Crippen LogP contribution in [0.3, 0.4) is 0 Å². The van der Waals surface area contributed by atoms with E-state index in [0.29, 0.717) is 4.88 Å². The number of halogens is 3. The minimum Gasteiger partial charge on any atom is -0.345 e. The molecule has 0 saturated carbocycles. The van der Waals surface area contributed by atoms with E-state index in [0.717, 1.165) is 0 Å². The molecule has 1 heterocycles. The number of carbonyl (C=O) groups is 1. The van der Waals surface area contributed by atoms with Gasteiger partial charge in [0.1, 0.15) is 12.6 Å². The Morgan fingerprint density at radius 3 is 2.73 bits per heavy atom. The molecule has 0 aromatic carbocycles.